The molecule has 128 valence electrons. The third-order valence-corrected chi connectivity index (χ3v) is 6.46. The van der Waals surface area contributed by atoms with E-state index in [0.717, 1.165) is 29.6 Å². The Labute approximate surface area is 142 Å². The zero-order valence-corrected chi connectivity index (χ0v) is 14.7. The minimum atomic E-state index is -3.76. The zero-order chi connectivity index (χ0) is 17.3. The van der Waals surface area contributed by atoms with Crippen molar-refractivity contribution in [2.75, 3.05) is 13.7 Å². The minimum Gasteiger partial charge on any atom is -0.468 e. The molecule has 24 heavy (non-hydrogen) atoms. The van der Waals surface area contributed by atoms with Crippen LogP contribution in [0.5, 0.6) is 0 Å². The molecule has 0 saturated heterocycles. The van der Waals surface area contributed by atoms with E-state index in [-0.39, 0.29) is 11.4 Å². The molecule has 3 rings (SSSR count). The van der Waals surface area contributed by atoms with Crippen molar-refractivity contribution in [2.24, 2.45) is 0 Å². The first-order valence-corrected chi connectivity index (χ1v) is 9.41. The van der Waals surface area contributed by atoms with Gasteiger partial charge in [0.15, 0.2) is 0 Å². The van der Waals surface area contributed by atoms with Crippen molar-refractivity contribution < 1.29 is 17.9 Å². The smallest absolute Gasteiger partial charge is 0.324 e. The molecule has 0 bridgehead atoms. The Bertz CT molecular complexity index is 806. The predicted octanol–water partition coefficient (Wildman–Crippen LogP) is 2.58. The van der Waals surface area contributed by atoms with E-state index in [1.807, 2.05) is 13.0 Å². The van der Waals surface area contributed by atoms with Gasteiger partial charge in [-0.1, -0.05) is 35.4 Å². The number of nitrogens with zero attached hydrogens (tertiary/aromatic N) is 1. The Hall–Kier alpha value is -1.92. The molecule has 1 aliphatic carbocycles. The third kappa shape index (κ3) is 3.03. The van der Waals surface area contributed by atoms with Crippen LogP contribution in [-0.4, -0.2) is 38.4 Å². The van der Waals surface area contributed by atoms with Crippen molar-refractivity contribution in [2.45, 2.75) is 37.1 Å². The number of hydrogen-bond acceptors (Lipinski definition) is 4. The van der Waals surface area contributed by atoms with Crippen LogP contribution in [0.15, 0.2) is 52.5 Å². The van der Waals surface area contributed by atoms with Gasteiger partial charge in [-0.15, -0.1) is 0 Å². The number of allylic oxidation sites excluding steroid dienone is 2. The summed E-state index contributed by atoms with van der Waals surface area (Å²) >= 11 is 0. The van der Waals surface area contributed by atoms with Crippen LogP contribution >= 0.6 is 0 Å². The molecule has 0 spiro atoms. The van der Waals surface area contributed by atoms with E-state index in [1.54, 1.807) is 24.3 Å². The molecular weight excluding hydrogens is 326 g/mol. The molecular formula is C18H21NO4S. The molecule has 0 fully saturated rings. The van der Waals surface area contributed by atoms with Crippen molar-refractivity contribution >= 4 is 16.0 Å². The summed E-state index contributed by atoms with van der Waals surface area (Å²) in [6.45, 7) is 2.15. The fourth-order valence-electron chi connectivity index (χ4n) is 3.20. The van der Waals surface area contributed by atoms with Crippen LogP contribution in [0, 0.1) is 6.92 Å². The molecule has 1 aliphatic heterocycles. The first-order chi connectivity index (χ1) is 11.4. The Kier molecular flexibility index (Phi) is 4.60. The highest BCUT2D eigenvalue weighted by atomic mass is 32.2. The number of ether oxygens (including phenoxy) is 1. The van der Waals surface area contributed by atoms with Gasteiger partial charge in [0.25, 0.3) is 0 Å². The lowest BCUT2D eigenvalue weighted by atomic mass is 9.89. The number of carbonyl (C=O) groups is 1. The van der Waals surface area contributed by atoms with E-state index < -0.39 is 22.0 Å². The second-order valence-corrected chi connectivity index (χ2v) is 8.07. The highest BCUT2D eigenvalue weighted by Gasteiger charge is 2.40. The Morgan fingerprint density at radius 2 is 1.96 bits per heavy atom. The minimum absolute atomic E-state index is 0.206. The van der Waals surface area contributed by atoms with Crippen LogP contribution in [-0.2, 0) is 19.6 Å². The third-order valence-electron chi connectivity index (χ3n) is 4.59. The highest BCUT2D eigenvalue weighted by Crippen LogP contribution is 2.34. The van der Waals surface area contributed by atoms with Gasteiger partial charge < -0.3 is 4.74 Å². The summed E-state index contributed by atoms with van der Waals surface area (Å²) < 4.78 is 32.3. The molecule has 0 amide bonds. The molecule has 0 aromatic heterocycles. The summed E-state index contributed by atoms with van der Waals surface area (Å²) in [5, 5.41) is 0. The standard InChI is InChI=1S/C18H21NO4S/c1-13-7-9-16(10-8-13)24(21,22)19-12-15-6-4-3-5-14(15)11-17(19)18(20)23-2/h3,5,7-10,17H,4,6,11-12H2,1-2H3. The maximum Gasteiger partial charge on any atom is 0.324 e. The van der Waals surface area contributed by atoms with Gasteiger partial charge in [-0.3, -0.25) is 4.79 Å². The first kappa shape index (κ1) is 16.9. The van der Waals surface area contributed by atoms with E-state index in [1.165, 1.54) is 11.4 Å². The topological polar surface area (TPSA) is 63.7 Å². The van der Waals surface area contributed by atoms with Gasteiger partial charge in [0.2, 0.25) is 10.0 Å². The first-order valence-electron chi connectivity index (χ1n) is 7.97. The van der Waals surface area contributed by atoms with Crippen LogP contribution in [0.3, 0.4) is 0 Å². The summed E-state index contributed by atoms with van der Waals surface area (Å²) in [5.74, 6) is -0.517. The van der Waals surface area contributed by atoms with Gasteiger partial charge >= 0.3 is 5.97 Å². The largest absolute Gasteiger partial charge is 0.468 e. The second kappa shape index (κ2) is 6.53. The normalized spacial score (nSPS) is 21.5. The van der Waals surface area contributed by atoms with Gasteiger partial charge in [0, 0.05) is 6.54 Å². The Balaban J connectivity index is 2.02. The van der Waals surface area contributed by atoms with Crippen molar-refractivity contribution in [1.82, 2.24) is 4.31 Å². The van der Waals surface area contributed by atoms with E-state index in [4.69, 9.17) is 4.74 Å². The zero-order valence-electron chi connectivity index (χ0n) is 13.9. The summed E-state index contributed by atoms with van der Waals surface area (Å²) in [6.07, 6.45) is 6.17. The lowest BCUT2D eigenvalue weighted by Crippen LogP contribution is -2.49. The van der Waals surface area contributed by atoms with E-state index >= 15 is 0 Å². The summed E-state index contributed by atoms with van der Waals surface area (Å²) in [7, 11) is -2.47. The molecule has 0 N–H and O–H groups in total. The van der Waals surface area contributed by atoms with E-state index in [2.05, 4.69) is 6.08 Å². The molecule has 1 heterocycles. The fourth-order valence-corrected chi connectivity index (χ4v) is 4.77. The van der Waals surface area contributed by atoms with Gasteiger partial charge in [0.1, 0.15) is 6.04 Å². The predicted molar refractivity (Wildman–Crippen MR) is 90.9 cm³/mol. The summed E-state index contributed by atoms with van der Waals surface area (Å²) in [6, 6.07) is 5.88. The average molecular weight is 347 g/mol. The number of aryl methyl sites for hydroxylation is 1. The Morgan fingerprint density at radius 3 is 2.62 bits per heavy atom. The van der Waals surface area contributed by atoms with Crippen LogP contribution in [0.4, 0.5) is 0 Å². The van der Waals surface area contributed by atoms with Crippen LogP contribution in [0.1, 0.15) is 24.8 Å². The number of sulfonamides is 1. The molecule has 2 aliphatic rings. The highest BCUT2D eigenvalue weighted by molar-refractivity contribution is 7.89. The number of carbonyl (C=O) groups excluding carboxylic acids is 1. The molecule has 1 atom stereocenters. The summed E-state index contributed by atoms with van der Waals surface area (Å²) in [5.41, 5.74) is 3.14. The SMILES string of the molecule is COC(=O)C1CC2=C(CCC=C2)CN1S(=O)(=O)c1ccc(C)cc1. The molecule has 1 unspecified atom stereocenters. The molecule has 0 saturated carbocycles. The van der Waals surface area contributed by atoms with Gasteiger partial charge in [0.05, 0.1) is 12.0 Å². The number of esters is 1. The van der Waals surface area contributed by atoms with Crippen molar-refractivity contribution in [3.05, 3.63) is 53.1 Å². The fraction of sp³-hybridized carbons (Fsp3) is 0.389. The van der Waals surface area contributed by atoms with E-state index in [9.17, 15) is 13.2 Å². The number of hydrogen-bond donors (Lipinski definition) is 0. The quantitative estimate of drug-likeness (QED) is 0.789. The van der Waals surface area contributed by atoms with Crippen LogP contribution in [0.2, 0.25) is 0 Å². The van der Waals surface area contributed by atoms with Gasteiger partial charge in [-0.25, -0.2) is 8.42 Å². The molecule has 1 aromatic rings. The maximum absolute atomic E-state index is 13.1. The van der Waals surface area contributed by atoms with Gasteiger partial charge in [-0.2, -0.15) is 4.31 Å². The van der Waals surface area contributed by atoms with Crippen molar-refractivity contribution in [1.29, 1.82) is 0 Å². The second-order valence-electron chi connectivity index (χ2n) is 6.18. The molecule has 1 aromatic carbocycles. The number of benzene rings is 1. The molecule has 0 radical (unpaired) electrons. The number of methoxy groups -OCH3 is 1. The molecule has 6 heteroatoms. The molecule has 5 nitrogen and oxygen atoms in total. The van der Waals surface area contributed by atoms with Crippen LogP contribution < -0.4 is 0 Å². The summed E-state index contributed by atoms with van der Waals surface area (Å²) in [4.78, 5) is 12.4. The lowest BCUT2D eigenvalue weighted by Gasteiger charge is -2.36. The lowest BCUT2D eigenvalue weighted by molar-refractivity contribution is -0.145. The van der Waals surface area contributed by atoms with Crippen molar-refractivity contribution in [3.8, 4) is 0 Å². The van der Waals surface area contributed by atoms with Crippen LogP contribution in [0.25, 0.3) is 0 Å². The maximum atomic E-state index is 13.1. The average Bonchev–Trinajstić information content (AvgIpc) is 2.60. The van der Waals surface area contributed by atoms with E-state index in [0.29, 0.717) is 6.42 Å². The monoisotopic (exact) mass is 347 g/mol. The Morgan fingerprint density at radius 1 is 1.25 bits per heavy atom. The number of rotatable bonds is 3. The van der Waals surface area contributed by atoms with Gasteiger partial charge in [-0.05, 0) is 43.9 Å². The van der Waals surface area contributed by atoms with Crippen molar-refractivity contribution in [3.63, 3.8) is 0 Å².